The van der Waals surface area contributed by atoms with Gasteiger partial charge in [0.05, 0.1) is 0 Å². The van der Waals surface area contributed by atoms with Crippen LogP contribution in [0.5, 0.6) is 0 Å². The zero-order valence-corrected chi connectivity index (χ0v) is 13.8. The van der Waals surface area contributed by atoms with E-state index in [0.717, 1.165) is 25.1 Å². The number of urea groups is 1. The molecule has 0 aromatic heterocycles. The van der Waals surface area contributed by atoms with Gasteiger partial charge in [0, 0.05) is 51.0 Å². The summed E-state index contributed by atoms with van der Waals surface area (Å²) in [5, 5.41) is 5.86. The Morgan fingerprint density at radius 3 is 2.83 bits per heavy atom. The molecule has 3 amide bonds. The first-order chi connectivity index (χ1) is 11.0. The number of carbonyl (C=O) groups excluding carboxylic acids is 2. The molecule has 2 N–H and O–H groups in total. The van der Waals surface area contributed by atoms with Crippen molar-refractivity contribution < 1.29 is 9.59 Å². The van der Waals surface area contributed by atoms with Crippen LogP contribution in [0.1, 0.15) is 24.8 Å². The monoisotopic (exact) mass is 316 g/mol. The standard InChI is InChI=1S/C17H24N4O2/c1-20-9-3-4-12-10-13(5-7-15(12)20)18-17(23)19-14-6-8-16(22)21(2)11-14/h5,7,10,14H,3-4,6,8-9,11H2,1-2H3,(H2,18,19,23)/t14-/m1/s1. The summed E-state index contributed by atoms with van der Waals surface area (Å²) in [5.74, 6) is 0.141. The molecule has 1 aromatic rings. The predicted molar refractivity (Wildman–Crippen MR) is 90.8 cm³/mol. The maximum atomic E-state index is 12.2. The molecule has 2 heterocycles. The van der Waals surface area contributed by atoms with Gasteiger partial charge in [0.1, 0.15) is 0 Å². The first kappa shape index (κ1) is 15.6. The van der Waals surface area contributed by atoms with Crippen molar-refractivity contribution in [1.29, 1.82) is 0 Å². The van der Waals surface area contributed by atoms with Crippen molar-refractivity contribution in [2.75, 3.05) is 37.4 Å². The molecule has 0 radical (unpaired) electrons. The molecule has 0 aliphatic carbocycles. The predicted octanol–water partition coefficient (Wildman–Crippen LogP) is 1.81. The molecule has 0 unspecified atom stereocenters. The first-order valence-corrected chi connectivity index (χ1v) is 8.18. The van der Waals surface area contributed by atoms with E-state index in [1.165, 1.54) is 11.3 Å². The largest absolute Gasteiger partial charge is 0.374 e. The molecule has 1 saturated heterocycles. The number of amides is 3. The third-order valence-corrected chi connectivity index (χ3v) is 4.65. The number of piperidine rings is 1. The molecule has 0 saturated carbocycles. The number of likely N-dealkylation sites (tertiary alicyclic amines) is 1. The van der Waals surface area contributed by atoms with Crippen LogP contribution < -0.4 is 15.5 Å². The molecule has 1 fully saturated rings. The van der Waals surface area contributed by atoms with E-state index in [0.29, 0.717) is 19.4 Å². The molecule has 0 spiro atoms. The van der Waals surface area contributed by atoms with Gasteiger partial charge in [0.25, 0.3) is 0 Å². The zero-order chi connectivity index (χ0) is 16.4. The summed E-state index contributed by atoms with van der Waals surface area (Å²) in [7, 11) is 3.87. The second kappa shape index (κ2) is 6.48. The number of benzene rings is 1. The van der Waals surface area contributed by atoms with Crippen molar-refractivity contribution in [3.63, 3.8) is 0 Å². The van der Waals surface area contributed by atoms with E-state index < -0.39 is 0 Å². The van der Waals surface area contributed by atoms with E-state index in [1.807, 2.05) is 6.07 Å². The lowest BCUT2D eigenvalue weighted by atomic mass is 10.0. The van der Waals surface area contributed by atoms with Crippen LogP contribution in [0.15, 0.2) is 18.2 Å². The highest BCUT2D eigenvalue weighted by atomic mass is 16.2. The number of anilines is 2. The molecule has 124 valence electrons. The molecule has 2 aliphatic heterocycles. The van der Waals surface area contributed by atoms with Gasteiger partial charge in [0.15, 0.2) is 0 Å². The Kier molecular flexibility index (Phi) is 4.41. The molecular formula is C17H24N4O2. The lowest BCUT2D eigenvalue weighted by Gasteiger charge is -2.30. The first-order valence-electron chi connectivity index (χ1n) is 8.18. The Bertz CT molecular complexity index is 617. The van der Waals surface area contributed by atoms with Gasteiger partial charge in [-0.05, 0) is 43.0 Å². The van der Waals surface area contributed by atoms with E-state index in [1.54, 1.807) is 11.9 Å². The third kappa shape index (κ3) is 3.57. The summed E-state index contributed by atoms with van der Waals surface area (Å²) in [5.41, 5.74) is 3.34. The van der Waals surface area contributed by atoms with E-state index in [4.69, 9.17) is 0 Å². The summed E-state index contributed by atoms with van der Waals surface area (Å²) in [6.45, 7) is 1.65. The summed E-state index contributed by atoms with van der Waals surface area (Å²) in [4.78, 5) is 27.6. The molecule has 6 heteroatoms. The lowest BCUT2D eigenvalue weighted by Crippen LogP contribution is -2.49. The minimum absolute atomic E-state index is 0.0152. The fourth-order valence-corrected chi connectivity index (χ4v) is 3.35. The molecule has 1 atom stereocenters. The minimum atomic E-state index is -0.207. The van der Waals surface area contributed by atoms with Crippen molar-refractivity contribution in [2.24, 2.45) is 0 Å². The number of hydrogen-bond donors (Lipinski definition) is 2. The van der Waals surface area contributed by atoms with Gasteiger partial charge in [-0.25, -0.2) is 4.79 Å². The number of nitrogens with one attached hydrogen (secondary N) is 2. The number of likely N-dealkylation sites (N-methyl/N-ethyl adjacent to an activating group) is 1. The average molecular weight is 316 g/mol. The molecule has 1 aromatic carbocycles. The molecule has 0 bridgehead atoms. The van der Waals surface area contributed by atoms with Crippen molar-refractivity contribution in [3.8, 4) is 0 Å². The number of hydrogen-bond acceptors (Lipinski definition) is 3. The van der Waals surface area contributed by atoms with Crippen LogP contribution >= 0.6 is 0 Å². The van der Waals surface area contributed by atoms with E-state index in [2.05, 4.69) is 34.7 Å². The Labute approximate surface area is 136 Å². The molecule has 2 aliphatic rings. The van der Waals surface area contributed by atoms with E-state index >= 15 is 0 Å². The SMILES string of the molecule is CN1C[C@H](NC(=O)Nc2ccc3c(c2)CCCN3C)CCC1=O. The van der Waals surface area contributed by atoms with Gasteiger partial charge < -0.3 is 20.4 Å². The van der Waals surface area contributed by atoms with Crippen molar-refractivity contribution in [1.82, 2.24) is 10.2 Å². The van der Waals surface area contributed by atoms with Gasteiger partial charge in [0.2, 0.25) is 5.91 Å². The summed E-state index contributed by atoms with van der Waals surface area (Å²) >= 11 is 0. The van der Waals surface area contributed by atoms with Gasteiger partial charge in [-0.3, -0.25) is 4.79 Å². The molecule has 3 rings (SSSR count). The topological polar surface area (TPSA) is 64.7 Å². The third-order valence-electron chi connectivity index (χ3n) is 4.65. The normalized spacial score (nSPS) is 21.0. The van der Waals surface area contributed by atoms with Gasteiger partial charge >= 0.3 is 6.03 Å². The van der Waals surface area contributed by atoms with Gasteiger partial charge in [-0.2, -0.15) is 0 Å². The summed E-state index contributed by atoms with van der Waals surface area (Å²) < 4.78 is 0. The van der Waals surface area contributed by atoms with E-state index in [9.17, 15) is 9.59 Å². The van der Waals surface area contributed by atoms with Crippen LogP contribution in [0.3, 0.4) is 0 Å². The van der Waals surface area contributed by atoms with Crippen LogP contribution in [0, 0.1) is 0 Å². The van der Waals surface area contributed by atoms with Crippen molar-refractivity contribution in [2.45, 2.75) is 31.7 Å². The molecule has 23 heavy (non-hydrogen) atoms. The highest BCUT2D eigenvalue weighted by Gasteiger charge is 2.24. The second-order valence-electron chi connectivity index (χ2n) is 6.48. The summed E-state index contributed by atoms with van der Waals surface area (Å²) in [6.07, 6.45) is 3.38. The van der Waals surface area contributed by atoms with Crippen LogP contribution in [0.4, 0.5) is 16.2 Å². The van der Waals surface area contributed by atoms with Crippen LogP contribution in [-0.2, 0) is 11.2 Å². The highest BCUT2D eigenvalue weighted by Crippen LogP contribution is 2.28. The number of nitrogens with zero attached hydrogens (tertiary/aromatic N) is 2. The Morgan fingerprint density at radius 1 is 1.22 bits per heavy atom. The maximum absolute atomic E-state index is 12.2. The van der Waals surface area contributed by atoms with Gasteiger partial charge in [-0.1, -0.05) is 0 Å². The Balaban J connectivity index is 1.59. The van der Waals surface area contributed by atoms with Crippen molar-refractivity contribution >= 4 is 23.3 Å². The number of rotatable bonds is 2. The number of aryl methyl sites for hydroxylation is 1. The van der Waals surface area contributed by atoms with Crippen LogP contribution in [0.2, 0.25) is 0 Å². The van der Waals surface area contributed by atoms with Gasteiger partial charge in [-0.15, -0.1) is 0 Å². The number of fused-ring (bicyclic) bond motifs is 1. The number of carbonyl (C=O) groups is 2. The Hall–Kier alpha value is -2.24. The van der Waals surface area contributed by atoms with Crippen LogP contribution in [0.25, 0.3) is 0 Å². The van der Waals surface area contributed by atoms with Crippen molar-refractivity contribution in [3.05, 3.63) is 23.8 Å². The average Bonchev–Trinajstić information content (AvgIpc) is 2.51. The second-order valence-corrected chi connectivity index (χ2v) is 6.48. The zero-order valence-electron chi connectivity index (χ0n) is 13.8. The quantitative estimate of drug-likeness (QED) is 0.874. The molecular weight excluding hydrogens is 292 g/mol. The summed E-state index contributed by atoms with van der Waals surface area (Å²) in [6, 6.07) is 5.87. The molecule has 6 nitrogen and oxygen atoms in total. The smallest absolute Gasteiger partial charge is 0.319 e. The fraction of sp³-hybridized carbons (Fsp3) is 0.529. The highest BCUT2D eigenvalue weighted by molar-refractivity contribution is 5.90. The van der Waals surface area contributed by atoms with Crippen LogP contribution in [-0.4, -0.2) is 50.1 Å². The Morgan fingerprint density at radius 2 is 2.04 bits per heavy atom. The fourth-order valence-electron chi connectivity index (χ4n) is 3.35. The maximum Gasteiger partial charge on any atom is 0.319 e. The van der Waals surface area contributed by atoms with E-state index in [-0.39, 0.29) is 18.0 Å². The lowest BCUT2D eigenvalue weighted by molar-refractivity contribution is -0.132. The minimum Gasteiger partial charge on any atom is -0.374 e.